The Bertz CT molecular complexity index is 682. The first-order valence-corrected chi connectivity index (χ1v) is 6.93. The molecular weight excluding hydrogens is 280 g/mol. The minimum Gasteiger partial charge on any atom is -0.465 e. The second-order valence-electron chi connectivity index (χ2n) is 4.23. The molecule has 0 radical (unpaired) electrons. The van der Waals surface area contributed by atoms with E-state index in [0.717, 1.165) is 4.88 Å². The molecule has 0 fully saturated rings. The van der Waals surface area contributed by atoms with Gasteiger partial charge in [0.05, 0.1) is 12.0 Å². The number of aromatic amines is 1. The zero-order valence-electron chi connectivity index (χ0n) is 11.2. The van der Waals surface area contributed by atoms with Crippen LogP contribution in [0.3, 0.4) is 0 Å². The van der Waals surface area contributed by atoms with Crippen LogP contribution in [0.1, 0.15) is 26.5 Å². The van der Waals surface area contributed by atoms with E-state index in [-0.39, 0.29) is 4.64 Å². The number of H-pyrrole nitrogens is 1. The summed E-state index contributed by atoms with van der Waals surface area (Å²) < 4.78 is 4.97. The standard InChI is InChI=1S/C13H14N2O2S2/c1-6-5-9(19-8(6)3)11-14-7(2)10(12(18)15-11)13(16)17-4/h5H,1-4H3,(H,14,15,18). The predicted octanol–water partition coefficient (Wildman–Crippen LogP) is 3.58. The Morgan fingerprint density at radius 2 is 2.11 bits per heavy atom. The topological polar surface area (TPSA) is 55.0 Å². The number of hydrogen-bond donors (Lipinski definition) is 1. The van der Waals surface area contributed by atoms with Gasteiger partial charge in [0.1, 0.15) is 16.0 Å². The SMILES string of the molecule is COC(=O)c1c(C)[nH]c(-c2cc(C)c(C)s2)nc1=S. The summed E-state index contributed by atoms with van der Waals surface area (Å²) in [4.78, 5) is 21.3. The van der Waals surface area contributed by atoms with Gasteiger partial charge in [0.25, 0.3) is 0 Å². The van der Waals surface area contributed by atoms with Crippen molar-refractivity contribution in [2.24, 2.45) is 0 Å². The molecule has 0 aliphatic carbocycles. The zero-order valence-corrected chi connectivity index (χ0v) is 12.8. The maximum absolute atomic E-state index is 11.6. The third-order valence-electron chi connectivity index (χ3n) is 2.90. The van der Waals surface area contributed by atoms with Crippen molar-refractivity contribution < 1.29 is 9.53 Å². The van der Waals surface area contributed by atoms with E-state index in [1.54, 1.807) is 18.3 Å². The van der Waals surface area contributed by atoms with E-state index in [0.29, 0.717) is 17.1 Å². The van der Waals surface area contributed by atoms with Gasteiger partial charge < -0.3 is 9.72 Å². The van der Waals surface area contributed by atoms with Crippen molar-refractivity contribution in [2.45, 2.75) is 20.8 Å². The number of ether oxygens (including phenoxy) is 1. The summed E-state index contributed by atoms with van der Waals surface area (Å²) in [5, 5.41) is 0. The van der Waals surface area contributed by atoms with Crippen molar-refractivity contribution >= 4 is 29.5 Å². The van der Waals surface area contributed by atoms with Gasteiger partial charge in [-0.3, -0.25) is 0 Å². The minimum atomic E-state index is -0.462. The highest BCUT2D eigenvalue weighted by atomic mass is 32.1. The van der Waals surface area contributed by atoms with Crippen LogP contribution < -0.4 is 0 Å². The number of rotatable bonds is 2. The maximum atomic E-state index is 11.6. The Labute approximate surface area is 120 Å². The molecule has 2 rings (SSSR count). The van der Waals surface area contributed by atoms with E-state index < -0.39 is 5.97 Å². The van der Waals surface area contributed by atoms with Crippen LogP contribution in [0.15, 0.2) is 6.07 Å². The third kappa shape index (κ3) is 2.59. The average molecular weight is 294 g/mol. The molecule has 0 saturated carbocycles. The molecule has 100 valence electrons. The number of nitrogens with zero attached hydrogens (tertiary/aromatic N) is 1. The summed E-state index contributed by atoms with van der Waals surface area (Å²) in [6.45, 7) is 5.91. The molecule has 4 nitrogen and oxygen atoms in total. The molecule has 2 heterocycles. The number of carbonyl (C=O) groups is 1. The van der Waals surface area contributed by atoms with E-state index in [4.69, 9.17) is 17.0 Å². The van der Waals surface area contributed by atoms with Gasteiger partial charge in [-0.05, 0) is 32.4 Å². The summed E-state index contributed by atoms with van der Waals surface area (Å²) in [6.07, 6.45) is 0. The number of aromatic nitrogens is 2. The van der Waals surface area contributed by atoms with Crippen molar-refractivity contribution in [3.05, 3.63) is 32.4 Å². The van der Waals surface area contributed by atoms with E-state index in [1.807, 2.05) is 0 Å². The normalized spacial score (nSPS) is 10.5. The zero-order chi connectivity index (χ0) is 14.2. The van der Waals surface area contributed by atoms with Crippen LogP contribution in [0.2, 0.25) is 0 Å². The third-order valence-corrected chi connectivity index (χ3v) is 4.35. The van der Waals surface area contributed by atoms with Crippen molar-refractivity contribution in [2.75, 3.05) is 7.11 Å². The Hall–Kier alpha value is -1.53. The number of nitrogens with one attached hydrogen (secondary N) is 1. The minimum absolute atomic E-state index is 0.266. The second kappa shape index (κ2) is 5.22. The van der Waals surface area contributed by atoms with E-state index >= 15 is 0 Å². The fourth-order valence-electron chi connectivity index (χ4n) is 1.73. The van der Waals surface area contributed by atoms with Crippen LogP contribution in [-0.2, 0) is 4.74 Å². The molecule has 0 bridgehead atoms. The van der Waals surface area contributed by atoms with Crippen molar-refractivity contribution in [1.29, 1.82) is 0 Å². The number of aryl methyl sites for hydroxylation is 3. The summed E-state index contributed by atoms with van der Waals surface area (Å²) >= 11 is 6.83. The molecule has 0 unspecified atom stereocenters. The molecule has 0 aliphatic rings. The predicted molar refractivity (Wildman–Crippen MR) is 78.3 cm³/mol. The second-order valence-corrected chi connectivity index (χ2v) is 5.88. The molecule has 6 heteroatoms. The van der Waals surface area contributed by atoms with Crippen LogP contribution in [-0.4, -0.2) is 23.0 Å². The van der Waals surface area contributed by atoms with Crippen LogP contribution in [0.4, 0.5) is 0 Å². The van der Waals surface area contributed by atoms with Gasteiger partial charge in [-0.15, -0.1) is 11.3 Å². The first-order valence-electron chi connectivity index (χ1n) is 5.70. The molecule has 0 aromatic carbocycles. The first-order chi connectivity index (χ1) is 8.93. The Morgan fingerprint density at radius 3 is 2.58 bits per heavy atom. The molecule has 2 aromatic heterocycles. The van der Waals surface area contributed by atoms with Gasteiger partial charge in [0.2, 0.25) is 0 Å². The van der Waals surface area contributed by atoms with Gasteiger partial charge in [-0.2, -0.15) is 0 Å². The smallest absolute Gasteiger partial charge is 0.342 e. The summed E-state index contributed by atoms with van der Waals surface area (Å²) in [7, 11) is 1.33. The lowest BCUT2D eigenvalue weighted by molar-refractivity contribution is 0.0598. The number of carbonyl (C=O) groups excluding carboxylic acids is 1. The largest absolute Gasteiger partial charge is 0.465 e. The van der Waals surface area contributed by atoms with Gasteiger partial charge in [-0.1, -0.05) is 12.2 Å². The molecule has 1 N–H and O–H groups in total. The summed E-state index contributed by atoms with van der Waals surface area (Å²) in [6, 6.07) is 2.06. The molecule has 0 amide bonds. The highest BCUT2D eigenvalue weighted by Crippen LogP contribution is 2.28. The van der Waals surface area contributed by atoms with Crippen molar-refractivity contribution in [1.82, 2.24) is 9.97 Å². The molecular formula is C13H14N2O2S2. The summed E-state index contributed by atoms with van der Waals surface area (Å²) in [5.41, 5.74) is 2.22. The molecule has 0 saturated heterocycles. The Balaban J connectivity index is 2.57. The molecule has 0 aliphatic heterocycles. The van der Waals surface area contributed by atoms with Gasteiger partial charge >= 0.3 is 5.97 Å². The lowest BCUT2D eigenvalue weighted by Crippen LogP contribution is -2.08. The fourth-order valence-corrected chi connectivity index (χ4v) is 3.04. The van der Waals surface area contributed by atoms with E-state index in [2.05, 4.69) is 29.9 Å². The lowest BCUT2D eigenvalue weighted by atomic mass is 10.2. The maximum Gasteiger partial charge on any atom is 0.342 e. The summed E-state index contributed by atoms with van der Waals surface area (Å²) in [5.74, 6) is 0.229. The number of hydrogen-bond acceptors (Lipinski definition) is 5. The van der Waals surface area contributed by atoms with Gasteiger partial charge in [-0.25, -0.2) is 9.78 Å². The molecule has 19 heavy (non-hydrogen) atoms. The Kier molecular flexibility index (Phi) is 3.82. The number of thiophene rings is 1. The highest BCUT2D eigenvalue weighted by molar-refractivity contribution is 7.71. The van der Waals surface area contributed by atoms with Crippen molar-refractivity contribution in [3.63, 3.8) is 0 Å². The fraction of sp³-hybridized carbons (Fsp3) is 0.308. The average Bonchev–Trinajstić information content (AvgIpc) is 2.68. The highest BCUT2D eigenvalue weighted by Gasteiger charge is 2.15. The Morgan fingerprint density at radius 1 is 1.42 bits per heavy atom. The quantitative estimate of drug-likeness (QED) is 0.679. The molecule has 2 aromatic rings. The lowest BCUT2D eigenvalue weighted by Gasteiger charge is -2.06. The van der Waals surface area contributed by atoms with Crippen LogP contribution >= 0.6 is 23.6 Å². The van der Waals surface area contributed by atoms with Crippen molar-refractivity contribution in [3.8, 4) is 10.7 Å². The molecule has 0 atom stereocenters. The van der Waals surface area contributed by atoms with Gasteiger partial charge in [0.15, 0.2) is 0 Å². The van der Waals surface area contributed by atoms with Crippen LogP contribution in [0.25, 0.3) is 10.7 Å². The van der Waals surface area contributed by atoms with E-state index in [1.165, 1.54) is 17.6 Å². The monoisotopic (exact) mass is 294 g/mol. The first kappa shape index (κ1) is 13.9. The van der Waals surface area contributed by atoms with Gasteiger partial charge in [0, 0.05) is 10.6 Å². The molecule has 0 spiro atoms. The number of methoxy groups -OCH3 is 1. The van der Waals surface area contributed by atoms with E-state index in [9.17, 15) is 4.79 Å². The number of esters is 1. The van der Waals surface area contributed by atoms with Crippen LogP contribution in [0.5, 0.6) is 0 Å². The van der Waals surface area contributed by atoms with Crippen LogP contribution in [0, 0.1) is 25.4 Å².